The van der Waals surface area contributed by atoms with Crippen LogP contribution in [-0.4, -0.2) is 37.2 Å². The summed E-state index contributed by atoms with van der Waals surface area (Å²) >= 11 is 0. The van der Waals surface area contributed by atoms with Crippen LogP contribution in [0.3, 0.4) is 0 Å². The molecule has 0 aliphatic carbocycles. The first-order chi connectivity index (χ1) is 40.0. The largest absolute Gasteiger partial charge is 0.462 e. The van der Waals surface area contributed by atoms with Crippen LogP contribution in [0, 0.1) is 0 Å². The zero-order chi connectivity index (χ0) is 58.5. The van der Waals surface area contributed by atoms with Crippen LogP contribution < -0.4 is 0 Å². The van der Waals surface area contributed by atoms with Crippen molar-refractivity contribution >= 4 is 17.9 Å². The van der Waals surface area contributed by atoms with Gasteiger partial charge in [0.1, 0.15) is 13.2 Å². The molecule has 0 spiro atoms. The summed E-state index contributed by atoms with van der Waals surface area (Å²) < 4.78 is 17.0. The molecule has 0 saturated heterocycles. The van der Waals surface area contributed by atoms with Crippen LogP contribution in [0.25, 0.3) is 0 Å². The van der Waals surface area contributed by atoms with Gasteiger partial charge in [-0.3, -0.25) is 14.4 Å². The van der Waals surface area contributed by atoms with Crippen molar-refractivity contribution in [1.29, 1.82) is 0 Å². The molecule has 0 aliphatic heterocycles. The number of carbonyl (C=O) groups excluding carboxylic acids is 3. The smallest absolute Gasteiger partial charge is 0.306 e. The number of unbranched alkanes of at least 4 members (excludes halogenated alkanes) is 36. The van der Waals surface area contributed by atoms with E-state index in [1.807, 2.05) is 0 Å². The summed E-state index contributed by atoms with van der Waals surface area (Å²) in [6.07, 6.45) is 92.7. The number of esters is 3. The van der Waals surface area contributed by atoms with Gasteiger partial charge in [-0.15, -0.1) is 0 Å². The third kappa shape index (κ3) is 67.0. The Bertz CT molecular complexity index is 1580. The average molecular weight is 1130 g/mol. The molecule has 0 amide bonds. The van der Waals surface area contributed by atoms with Crippen molar-refractivity contribution in [2.24, 2.45) is 0 Å². The number of carbonyl (C=O) groups is 3. The van der Waals surface area contributed by atoms with Gasteiger partial charge in [0, 0.05) is 19.3 Å². The Kier molecular flexibility index (Phi) is 65.7. The van der Waals surface area contributed by atoms with E-state index < -0.39 is 6.10 Å². The maximum Gasteiger partial charge on any atom is 0.306 e. The number of hydrogen-bond acceptors (Lipinski definition) is 6. The Morgan fingerprint density at radius 3 is 0.753 bits per heavy atom. The fourth-order valence-corrected chi connectivity index (χ4v) is 9.96. The number of allylic oxidation sites excluding steroid dienone is 16. The highest BCUT2D eigenvalue weighted by atomic mass is 16.6. The van der Waals surface area contributed by atoms with Crippen molar-refractivity contribution in [2.45, 2.75) is 348 Å². The highest BCUT2D eigenvalue weighted by molar-refractivity contribution is 5.71. The number of hydrogen-bond donors (Lipinski definition) is 0. The Hall–Kier alpha value is -3.67. The van der Waals surface area contributed by atoms with E-state index in [0.717, 1.165) is 109 Å². The highest BCUT2D eigenvalue weighted by Crippen LogP contribution is 2.17. The maximum absolute atomic E-state index is 13.0. The Balaban J connectivity index is 4.36. The van der Waals surface area contributed by atoms with Crippen molar-refractivity contribution in [3.8, 4) is 0 Å². The predicted molar refractivity (Wildman–Crippen MR) is 353 cm³/mol. The van der Waals surface area contributed by atoms with Crippen molar-refractivity contribution < 1.29 is 28.6 Å². The van der Waals surface area contributed by atoms with Crippen LogP contribution in [0.4, 0.5) is 0 Å². The Morgan fingerprint density at radius 1 is 0.259 bits per heavy atom. The molecule has 81 heavy (non-hydrogen) atoms. The Morgan fingerprint density at radius 2 is 0.481 bits per heavy atom. The van der Waals surface area contributed by atoms with Gasteiger partial charge in [-0.1, -0.05) is 323 Å². The monoisotopic (exact) mass is 1130 g/mol. The topological polar surface area (TPSA) is 78.9 Å². The van der Waals surface area contributed by atoms with Gasteiger partial charge >= 0.3 is 17.9 Å². The van der Waals surface area contributed by atoms with Crippen molar-refractivity contribution in [3.63, 3.8) is 0 Å². The fraction of sp³-hybridized carbons (Fsp3) is 0.747. The first kappa shape index (κ1) is 77.3. The zero-order valence-corrected chi connectivity index (χ0v) is 53.5. The van der Waals surface area contributed by atoms with E-state index in [9.17, 15) is 14.4 Å². The maximum atomic E-state index is 13.0. The van der Waals surface area contributed by atoms with Gasteiger partial charge in [0.05, 0.1) is 0 Å². The zero-order valence-electron chi connectivity index (χ0n) is 53.5. The second-order valence-corrected chi connectivity index (χ2v) is 23.0. The summed E-state index contributed by atoms with van der Waals surface area (Å²) in [7, 11) is 0. The summed E-state index contributed by atoms with van der Waals surface area (Å²) in [5.74, 6) is -0.867. The molecule has 0 rings (SSSR count). The van der Waals surface area contributed by atoms with Crippen molar-refractivity contribution in [3.05, 3.63) is 97.2 Å². The molecule has 466 valence electrons. The van der Waals surface area contributed by atoms with Crippen molar-refractivity contribution in [1.82, 2.24) is 0 Å². The van der Waals surface area contributed by atoms with Gasteiger partial charge in [0.15, 0.2) is 6.10 Å². The minimum Gasteiger partial charge on any atom is -0.462 e. The van der Waals surface area contributed by atoms with E-state index in [4.69, 9.17) is 14.2 Å². The lowest BCUT2D eigenvalue weighted by molar-refractivity contribution is -0.167. The molecule has 0 heterocycles. The fourth-order valence-electron chi connectivity index (χ4n) is 9.96. The van der Waals surface area contributed by atoms with Gasteiger partial charge in [-0.25, -0.2) is 0 Å². The van der Waals surface area contributed by atoms with Crippen LogP contribution in [0.1, 0.15) is 342 Å². The molecule has 0 radical (unpaired) electrons. The summed E-state index contributed by atoms with van der Waals surface area (Å²) in [5.41, 5.74) is 0. The summed E-state index contributed by atoms with van der Waals surface area (Å²) in [4.78, 5) is 38.5. The second kappa shape index (κ2) is 68.8. The molecule has 0 aliphatic rings. The lowest BCUT2D eigenvalue weighted by Crippen LogP contribution is -2.30. The lowest BCUT2D eigenvalue weighted by atomic mass is 10.0. The van der Waals surface area contributed by atoms with Gasteiger partial charge < -0.3 is 14.2 Å². The third-order valence-corrected chi connectivity index (χ3v) is 15.1. The minimum atomic E-state index is -0.783. The molecule has 0 fully saturated rings. The molecule has 1 atom stereocenters. The first-order valence-corrected chi connectivity index (χ1v) is 34.7. The van der Waals surface area contributed by atoms with Gasteiger partial charge in [0.25, 0.3) is 0 Å². The lowest BCUT2D eigenvalue weighted by Gasteiger charge is -2.18. The minimum absolute atomic E-state index is 0.0769. The van der Waals surface area contributed by atoms with Crippen LogP contribution >= 0.6 is 0 Å². The van der Waals surface area contributed by atoms with Crippen LogP contribution in [0.15, 0.2) is 97.2 Å². The molecule has 0 aromatic carbocycles. The Labute approximate surface area is 502 Å². The third-order valence-electron chi connectivity index (χ3n) is 15.1. The molecule has 0 aromatic heterocycles. The first-order valence-electron chi connectivity index (χ1n) is 34.7. The normalized spacial score (nSPS) is 12.7. The number of ether oxygens (including phenoxy) is 3. The van der Waals surface area contributed by atoms with Gasteiger partial charge in [-0.05, 0) is 96.3 Å². The van der Waals surface area contributed by atoms with E-state index in [1.165, 1.54) is 193 Å². The van der Waals surface area contributed by atoms with Crippen LogP contribution in [0.5, 0.6) is 0 Å². The van der Waals surface area contributed by atoms with Crippen molar-refractivity contribution in [2.75, 3.05) is 13.2 Å². The standard InChI is InChI=1S/C75H130O6/c1-4-7-10-13-16-19-22-25-28-31-33-35-37-39-41-44-47-50-53-56-59-62-65-68-74(77)80-71-72(70-79-73(76)67-64-61-58-55-52-49-46-43-30-27-24-21-18-15-12-9-6-3)81-75(78)69-66-63-60-57-54-51-48-45-42-40-38-36-34-32-29-26-23-20-17-14-11-8-5-2/h7-8,10-11,16-17,19-20,25-26,28-29,33-36,72H,4-6,9,12-15,18,21-24,27,30-32,37-71H2,1-3H3/b10-7-,11-8-,19-16-,20-17-,28-25-,29-26-,35-33-,36-34-. The summed E-state index contributed by atoms with van der Waals surface area (Å²) in [6.45, 7) is 6.46. The van der Waals surface area contributed by atoms with E-state index in [-0.39, 0.29) is 31.1 Å². The average Bonchev–Trinajstić information content (AvgIpc) is 3.47. The van der Waals surface area contributed by atoms with E-state index >= 15 is 0 Å². The molecule has 0 N–H and O–H groups in total. The van der Waals surface area contributed by atoms with Gasteiger partial charge in [-0.2, -0.15) is 0 Å². The van der Waals surface area contributed by atoms with E-state index in [1.54, 1.807) is 0 Å². The summed E-state index contributed by atoms with van der Waals surface area (Å²) in [6, 6.07) is 0. The van der Waals surface area contributed by atoms with Crippen LogP contribution in [0.2, 0.25) is 0 Å². The molecule has 6 nitrogen and oxygen atoms in total. The molecule has 0 bridgehead atoms. The molecular formula is C75H130O6. The highest BCUT2D eigenvalue weighted by Gasteiger charge is 2.19. The number of rotatable bonds is 63. The quantitative estimate of drug-likeness (QED) is 0.0261. The SMILES string of the molecule is CC/C=C\C/C=C\C/C=C\C/C=C\CCCCCCCCCCCCC(=O)OCC(COC(=O)CCCCCCCCCCCCCCCCCCC)OC(=O)CCCCCCCCCCCC/C=C\C/C=C\C/C=C\C/C=C\CC. The molecule has 1 unspecified atom stereocenters. The molecule has 0 aromatic rings. The predicted octanol–water partition coefficient (Wildman–Crippen LogP) is 24.0. The molecule has 0 saturated carbocycles. The van der Waals surface area contributed by atoms with E-state index in [0.29, 0.717) is 19.3 Å². The second-order valence-electron chi connectivity index (χ2n) is 23.0. The van der Waals surface area contributed by atoms with E-state index in [2.05, 4.69) is 118 Å². The molecule has 6 heteroatoms. The van der Waals surface area contributed by atoms with Crippen LogP contribution in [-0.2, 0) is 28.6 Å². The molecular weight excluding hydrogens is 997 g/mol. The van der Waals surface area contributed by atoms with Gasteiger partial charge in [0.2, 0.25) is 0 Å². The summed E-state index contributed by atoms with van der Waals surface area (Å²) in [5, 5.41) is 0.